The van der Waals surface area contributed by atoms with Crippen LogP contribution >= 0.6 is 0 Å². The van der Waals surface area contributed by atoms with Crippen molar-refractivity contribution in [2.45, 2.75) is 58.5 Å². The Morgan fingerprint density at radius 3 is 2.71 bits per heavy atom. The summed E-state index contributed by atoms with van der Waals surface area (Å²) in [5.41, 5.74) is 3.33. The number of nitrogens with zero attached hydrogens (tertiary/aromatic N) is 7. The van der Waals surface area contributed by atoms with E-state index in [1.165, 1.54) is 0 Å². The van der Waals surface area contributed by atoms with Crippen molar-refractivity contribution in [1.82, 2.24) is 29.5 Å². The van der Waals surface area contributed by atoms with E-state index in [2.05, 4.69) is 26.0 Å². The third-order valence-electron chi connectivity index (χ3n) is 6.94. The molecule has 2 aromatic rings. The number of hydrogen-bond donors (Lipinski definition) is 0. The van der Waals surface area contributed by atoms with E-state index >= 15 is 0 Å². The van der Waals surface area contributed by atoms with Crippen LogP contribution in [0.2, 0.25) is 0 Å². The van der Waals surface area contributed by atoms with Crippen LogP contribution in [0.1, 0.15) is 51.3 Å². The van der Waals surface area contributed by atoms with E-state index in [-0.39, 0.29) is 11.6 Å². The molecule has 2 aromatic heterocycles. The Kier molecular flexibility index (Phi) is 7.51. The Balaban J connectivity index is 1.41. The first kappa shape index (κ1) is 24.9. The predicted octanol–water partition coefficient (Wildman–Crippen LogP) is 3.86. The van der Waals surface area contributed by atoms with Gasteiger partial charge in [-0.3, -0.25) is 9.58 Å². The number of allylic oxidation sites excluding steroid dienone is 1. The molecule has 186 valence electrons. The van der Waals surface area contributed by atoms with E-state index in [1.54, 1.807) is 6.33 Å². The zero-order valence-corrected chi connectivity index (χ0v) is 21.1. The molecular weight excluding hydrogens is 442 g/mol. The molecule has 1 amide bonds. The number of carbonyl (C=O) groups is 1. The third-order valence-corrected chi connectivity index (χ3v) is 6.94. The summed E-state index contributed by atoms with van der Waals surface area (Å²) in [5, 5.41) is 14.3. The van der Waals surface area contributed by atoms with Crippen LogP contribution in [0.4, 0.5) is 4.79 Å². The highest BCUT2D eigenvalue weighted by molar-refractivity contribution is 5.72. The van der Waals surface area contributed by atoms with Crippen molar-refractivity contribution in [3.8, 4) is 17.3 Å². The fourth-order valence-corrected chi connectivity index (χ4v) is 4.98. The number of nitriles is 1. The summed E-state index contributed by atoms with van der Waals surface area (Å²) in [6.45, 7) is 11.4. The van der Waals surface area contributed by atoms with Gasteiger partial charge in [0, 0.05) is 55.2 Å². The maximum absolute atomic E-state index is 12.3. The maximum atomic E-state index is 12.3. The molecule has 35 heavy (non-hydrogen) atoms. The fourth-order valence-electron chi connectivity index (χ4n) is 4.98. The van der Waals surface area contributed by atoms with Crippen LogP contribution < -0.4 is 0 Å². The first-order chi connectivity index (χ1) is 16.9. The van der Waals surface area contributed by atoms with Crippen molar-refractivity contribution in [2.75, 3.05) is 32.8 Å². The normalized spacial score (nSPS) is 18.6. The molecule has 0 N–H and O–H groups in total. The van der Waals surface area contributed by atoms with Crippen LogP contribution in [0.5, 0.6) is 0 Å². The predicted molar refractivity (Wildman–Crippen MR) is 133 cm³/mol. The zero-order valence-electron chi connectivity index (χ0n) is 21.1. The standard InChI is InChI=1S/C26H35N7O2/c1-5-6-23-20(4)28-18-29-24(23)21-13-30-33(14-21)26(9-10-27)16-32(17-26)22-7-11-31(12-8-22)25(34)35-15-19(2)3/h5-6,13-14,18-19,22H,7-9,11-12,15-17H2,1-4H3/b6-5-. The van der Waals surface area contributed by atoms with E-state index in [1.807, 2.05) is 61.8 Å². The summed E-state index contributed by atoms with van der Waals surface area (Å²) in [7, 11) is 0. The summed E-state index contributed by atoms with van der Waals surface area (Å²) in [6.07, 6.45) is 11.4. The van der Waals surface area contributed by atoms with Crippen LogP contribution in [0, 0.1) is 24.2 Å². The quantitative estimate of drug-likeness (QED) is 0.597. The van der Waals surface area contributed by atoms with Crippen molar-refractivity contribution in [1.29, 1.82) is 5.26 Å². The van der Waals surface area contributed by atoms with Gasteiger partial charge in [-0.15, -0.1) is 0 Å². The molecule has 0 saturated carbocycles. The van der Waals surface area contributed by atoms with Crippen molar-refractivity contribution in [3.05, 3.63) is 36.1 Å². The molecule has 2 aliphatic rings. The van der Waals surface area contributed by atoms with E-state index in [9.17, 15) is 10.1 Å². The largest absolute Gasteiger partial charge is 0.449 e. The number of rotatable bonds is 7. The molecule has 0 unspecified atom stereocenters. The number of piperidine rings is 1. The van der Waals surface area contributed by atoms with E-state index < -0.39 is 0 Å². The summed E-state index contributed by atoms with van der Waals surface area (Å²) >= 11 is 0. The fraction of sp³-hybridized carbons (Fsp3) is 0.577. The molecule has 2 saturated heterocycles. The van der Waals surface area contributed by atoms with Gasteiger partial charge in [0.1, 0.15) is 11.9 Å². The molecule has 4 heterocycles. The van der Waals surface area contributed by atoms with Crippen molar-refractivity contribution < 1.29 is 9.53 Å². The van der Waals surface area contributed by atoms with Gasteiger partial charge in [-0.05, 0) is 32.6 Å². The highest BCUT2D eigenvalue weighted by Gasteiger charge is 2.48. The zero-order chi connectivity index (χ0) is 25.0. The van der Waals surface area contributed by atoms with Gasteiger partial charge in [-0.25, -0.2) is 14.8 Å². The molecule has 0 bridgehead atoms. The Labute approximate surface area is 207 Å². The molecule has 0 atom stereocenters. The average molecular weight is 478 g/mol. The summed E-state index contributed by atoms with van der Waals surface area (Å²) in [5.74, 6) is 0.335. The van der Waals surface area contributed by atoms with Gasteiger partial charge >= 0.3 is 6.09 Å². The molecule has 9 heteroatoms. The minimum atomic E-state index is -0.344. The number of carbonyl (C=O) groups excluding carboxylic acids is 1. The molecular formula is C26H35N7O2. The van der Waals surface area contributed by atoms with Gasteiger partial charge in [0.15, 0.2) is 0 Å². The smallest absolute Gasteiger partial charge is 0.409 e. The van der Waals surface area contributed by atoms with Crippen LogP contribution in [0.3, 0.4) is 0 Å². The van der Waals surface area contributed by atoms with Crippen LogP contribution in [-0.4, -0.2) is 74.5 Å². The lowest BCUT2D eigenvalue weighted by Crippen LogP contribution is -2.66. The minimum Gasteiger partial charge on any atom is -0.449 e. The number of ether oxygens (including phenoxy) is 1. The number of aryl methyl sites for hydroxylation is 1. The molecule has 0 spiro atoms. The van der Waals surface area contributed by atoms with E-state index in [0.717, 1.165) is 48.4 Å². The second-order valence-electron chi connectivity index (χ2n) is 10.0. The molecule has 0 radical (unpaired) electrons. The van der Waals surface area contributed by atoms with Crippen LogP contribution in [-0.2, 0) is 10.3 Å². The van der Waals surface area contributed by atoms with E-state index in [4.69, 9.17) is 4.74 Å². The lowest BCUT2D eigenvalue weighted by molar-refractivity contribution is -0.0426. The second kappa shape index (κ2) is 10.6. The summed E-state index contributed by atoms with van der Waals surface area (Å²) < 4.78 is 7.34. The second-order valence-corrected chi connectivity index (χ2v) is 10.0. The molecule has 0 aromatic carbocycles. The highest BCUT2D eigenvalue weighted by atomic mass is 16.6. The van der Waals surface area contributed by atoms with Gasteiger partial charge in [0.25, 0.3) is 0 Å². The number of aromatic nitrogens is 4. The lowest BCUT2D eigenvalue weighted by atomic mass is 9.84. The Bertz CT molecular complexity index is 1100. The average Bonchev–Trinajstić information content (AvgIpc) is 3.31. The van der Waals surface area contributed by atoms with Crippen molar-refractivity contribution >= 4 is 12.2 Å². The van der Waals surface area contributed by atoms with Gasteiger partial charge in [-0.2, -0.15) is 10.4 Å². The molecule has 9 nitrogen and oxygen atoms in total. The lowest BCUT2D eigenvalue weighted by Gasteiger charge is -2.53. The molecule has 0 aliphatic carbocycles. The number of likely N-dealkylation sites (tertiary alicyclic amines) is 2. The minimum absolute atomic E-state index is 0.207. The summed E-state index contributed by atoms with van der Waals surface area (Å²) in [4.78, 5) is 25.3. The van der Waals surface area contributed by atoms with Crippen LogP contribution in [0.25, 0.3) is 17.3 Å². The number of hydrogen-bond acceptors (Lipinski definition) is 7. The van der Waals surface area contributed by atoms with Crippen LogP contribution in [0.15, 0.2) is 24.8 Å². The Hall–Kier alpha value is -3.25. The Morgan fingerprint density at radius 2 is 2.06 bits per heavy atom. The molecule has 4 rings (SSSR count). The highest BCUT2D eigenvalue weighted by Crippen LogP contribution is 2.37. The number of amides is 1. The first-order valence-electron chi connectivity index (χ1n) is 12.4. The van der Waals surface area contributed by atoms with E-state index in [0.29, 0.717) is 38.1 Å². The third kappa shape index (κ3) is 5.22. The van der Waals surface area contributed by atoms with Gasteiger partial charge < -0.3 is 9.64 Å². The molecule has 2 aliphatic heterocycles. The Morgan fingerprint density at radius 1 is 1.31 bits per heavy atom. The van der Waals surface area contributed by atoms with Crippen molar-refractivity contribution in [2.24, 2.45) is 5.92 Å². The monoisotopic (exact) mass is 477 g/mol. The summed E-state index contributed by atoms with van der Waals surface area (Å²) in [6, 6.07) is 2.77. The SMILES string of the molecule is C/C=C\c1c(C)ncnc1-c1cnn(C2(CC#N)CN(C3CCN(C(=O)OCC(C)C)CC3)C2)c1. The van der Waals surface area contributed by atoms with Gasteiger partial charge in [0.2, 0.25) is 0 Å². The molecule has 2 fully saturated rings. The first-order valence-corrected chi connectivity index (χ1v) is 12.4. The van der Waals surface area contributed by atoms with Gasteiger partial charge in [0.05, 0.1) is 31.0 Å². The van der Waals surface area contributed by atoms with Crippen molar-refractivity contribution in [3.63, 3.8) is 0 Å². The topological polar surface area (TPSA) is 100 Å². The van der Waals surface area contributed by atoms with Gasteiger partial charge in [-0.1, -0.05) is 26.0 Å². The maximum Gasteiger partial charge on any atom is 0.409 e.